The predicted octanol–water partition coefficient (Wildman–Crippen LogP) is 3.43. The van der Waals surface area contributed by atoms with Gasteiger partial charge in [-0.05, 0) is 42.4 Å². The van der Waals surface area contributed by atoms with E-state index in [0.717, 1.165) is 29.4 Å². The highest BCUT2D eigenvalue weighted by molar-refractivity contribution is 6.07. The Morgan fingerprint density at radius 1 is 1.14 bits per heavy atom. The maximum Gasteiger partial charge on any atom is 0.175 e. The fourth-order valence-corrected chi connectivity index (χ4v) is 4.19. The highest BCUT2D eigenvalue weighted by Crippen LogP contribution is 2.65. The molecule has 22 heavy (non-hydrogen) atoms. The molecule has 0 N–H and O–H groups in total. The van der Waals surface area contributed by atoms with Crippen LogP contribution < -0.4 is 0 Å². The Balaban J connectivity index is 1.81. The van der Waals surface area contributed by atoms with Gasteiger partial charge in [-0.2, -0.15) is 0 Å². The van der Waals surface area contributed by atoms with E-state index >= 15 is 0 Å². The first kappa shape index (κ1) is 13.6. The first-order chi connectivity index (χ1) is 10.4. The summed E-state index contributed by atoms with van der Waals surface area (Å²) in [4.78, 5) is 17.4. The van der Waals surface area contributed by atoms with Gasteiger partial charge in [0.15, 0.2) is 11.6 Å². The van der Waals surface area contributed by atoms with Crippen molar-refractivity contribution >= 4 is 22.9 Å². The number of aromatic nitrogens is 3. The third-order valence-corrected chi connectivity index (χ3v) is 6.03. The Morgan fingerprint density at radius 3 is 2.55 bits per heavy atom. The van der Waals surface area contributed by atoms with Crippen LogP contribution in [0.4, 0.5) is 0 Å². The number of fused-ring (bicyclic) bond motifs is 3. The molecule has 0 spiro atoms. The molecule has 0 amide bonds. The summed E-state index contributed by atoms with van der Waals surface area (Å²) in [6.07, 6.45) is 3.92. The SMILES string of the molecule is CC1(C)[C@@H]2CC[C@@]1(C)C(=O)/C2=C\c1nnc2ccccc2n1. The van der Waals surface area contributed by atoms with E-state index in [-0.39, 0.29) is 16.6 Å². The molecule has 0 unspecified atom stereocenters. The first-order valence-corrected chi connectivity index (χ1v) is 7.79. The van der Waals surface area contributed by atoms with Gasteiger partial charge in [-0.15, -0.1) is 10.2 Å². The number of para-hydroxylation sites is 1. The molecule has 112 valence electrons. The summed E-state index contributed by atoms with van der Waals surface area (Å²) in [6.45, 7) is 6.53. The lowest BCUT2D eigenvalue weighted by Crippen LogP contribution is -2.32. The average Bonchev–Trinajstić information content (AvgIpc) is 2.81. The molecule has 4 heteroatoms. The van der Waals surface area contributed by atoms with E-state index in [1.165, 1.54) is 0 Å². The second-order valence-electron chi connectivity index (χ2n) is 7.23. The third kappa shape index (κ3) is 1.58. The zero-order valence-corrected chi connectivity index (χ0v) is 13.1. The normalized spacial score (nSPS) is 31.3. The zero-order chi connectivity index (χ0) is 15.5. The van der Waals surface area contributed by atoms with Crippen LogP contribution in [0.25, 0.3) is 17.1 Å². The summed E-state index contributed by atoms with van der Waals surface area (Å²) < 4.78 is 0. The minimum atomic E-state index is -0.242. The van der Waals surface area contributed by atoms with Gasteiger partial charge in [0.25, 0.3) is 0 Å². The third-order valence-electron chi connectivity index (χ3n) is 6.03. The van der Waals surface area contributed by atoms with E-state index in [1.54, 1.807) is 0 Å². The van der Waals surface area contributed by atoms with E-state index in [2.05, 4.69) is 36.0 Å². The fraction of sp³-hybridized carbons (Fsp3) is 0.444. The van der Waals surface area contributed by atoms with E-state index in [9.17, 15) is 4.79 Å². The molecule has 0 radical (unpaired) electrons. The molecule has 0 saturated heterocycles. The molecular weight excluding hydrogens is 274 g/mol. The van der Waals surface area contributed by atoms with Crippen molar-refractivity contribution < 1.29 is 4.79 Å². The summed E-state index contributed by atoms with van der Waals surface area (Å²) >= 11 is 0. The summed E-state index contributed by atoms with van der Waals surface area (Å²) in [5, 5.41) is 8.36. The Hall–Kier alpha value is -2.10. The number of rotatable bonds is 1. The smallest absolute Gasteiger partial charge is 0.175 e. The van der Waals surface area contributed by atoms with Crippen LogP contribution >= 0.6 is 0 Å². The molecule has 2 aliphatic carbocycles. The number of nitrogens with zero attached hydrogens (tertiary/aromatic N) is 3. The van der Waals surface area contributed by atoms with Crippen LogP contribution in [0.15, 0.2) is 29.8 Å². The Morgan fingerprint density at radius 2 is 1.86 bits per heavy atom. The lowest BCUT2D eigenvalue weighted by atomic mass is 9.70. The molecule has 4 nitrogen and oxygen atoms in total. The van der Waals surface area contributed by atoms with Crippen molar-refractivity contribution in [3.05, 3.63) is 35.7 Å². The van der Waals surface area contributed by atoms with Gasteiger partial charge in [-0.1, -0.05) is 32.9 Å². The first-order valence-electron chi connectivity index (χ1n) is 7.79. The molecule has 4 rings (SSSR count). The monoisotopic (exact) mass is 293 g/mol. The lowest BCUT2D eigenvalue weighted by molar-refractivity contribution is -0.125. The Kier molecular flexibility index (Phi) is 2.60. The summed E-state index contributed by atoms with van der Waals surface area (Å²) in [5.41, 5.74) is 2.24. The number of hydrogen-bond acceptors (Lipinski definition) is 4. The van der Waals surface area contributed by atoms with Gasteiger partial charge in [-0.3, -0.25) is 4.79 Å². The van der Waals surface area contributed by atoms with Crippen molar-refractivity contribution in [3.63, 3.8) is 0 Å². The van der Waals surface area contributed by atoms with Gasteiger partial charge in [0.2, 0.25) is 0 Å². The Labute approximate surface area is 129 Å². The molecule has 2 bridgehead atoms. The summed E-state index contributed by atoms with van der Waals surface area (Å²) in [7, 11) is 0. The average molecular weight is 293 g/mol. The molecule has 2 aromatic rings. The van der Waals surface area contributed by atoms with Gasteiger partial charge in [0.1, 0.15) is 5.52 Å². The van der Waals surface area contributed by atoms with Crippen LogP contribution in [0.2, 0.25) is 0 Å². The molecular formula is C18H19N3O. The van der Waals surface area contributed by atoms with Crippen molar-refractivity contribution in [2.75, 3.05) is 0 Å². The molecule has 2 fully saturated rings. The van der Waals surface area contributed by atoms with Crippen molar-refractivity contribution in [3.8, 4) is 0 Å². The number of hydrogen-bond donors (Lipinski definition) is 0. The molecule has 2 atom stereocenters. The highest BCUT2D eigenvalue weighted by Gasteiger charge is 2.63. The van der Waals surface area contributed by atoms with Gasteiger partial charge >= 0.3 is 0 Å². The molecule has 2 aliphatic rings. The maximum atomic E-state index is 12.8. The fourth-order valence-electron chi connectivity index (χ4n) is 4.19. The number of ketones is 1. The predicted molar refractivity (Wildman–Crippen MR) is 84.9 cm³/mol. The number of carbonyl (C=O) groups is 1. The van der Waals surface area contributed by atoms with Crippen molar-refractivity contribution in [1.29, 1.82) is 0 Å². The number of carbonyl (C=O) groups excluding carboxylic acids is 1. The van der Waals surface area contributed by atoms with Gasteiger partial charge in [0, 0.05) is 11.0 Å². The minimum Gasteiger partial charge on any atom is -0.294 e. The Bertz CT molecular complexity index is 824. The highest BCUT2D eigenvalue weighted by atomic mass is 16.1. The van der Waals surface area contributed by atoms with Crippen LogP contribution in [0.1, 0.15) is 39.4 Å². The molecule has 1 heterocycles. The van der Waals surface area contributed by atoms with Crippen molar-refractivity contribution in [2.24, 2.45) is 16.7 Å². The molecule has 1 aromatic heterocycles. The molecule has 2 saturated carbocycles. The summed E-state index contributed by atoms with van der Waals surface area (Å²) in [6, 6.07) is 7.65. The molecule has 0 aliphatic heterocycles. The van der Waals surface area contributed by atoms with E-state index in [4.69, 9.17) is 0 Å². The number of Topliss-reactive ketones (excluding diaryl/α,β-unsaturated/α-hetero) is 1. The van der Waals surface area contributed by atoms with Crippen LogP contribution in [0, 0.1) is 16.7 Å². The van der Waals surface area contributed by atoms with E-state index < -0.39 is 0 Å². The largest absolute Gasteiger partial charge is 0.294 e. The minimum absolute atomic E-state index is 0.0141. The standard InChI is InChI=1S/C18H19N3O/c1-17(2)12-8-9-18(17,3)16(22)11(12)10-15-19-13-6-4-5-7-14(13)20-21-15/h4-7,10,12H,8-9H2,1-3H3/b11-10-/t12-,18+/m1/s1. The van der Waals surface area contributed by atoms with Crippen LogP contribution in [0.3, 0.4) is 0 Å². The quantitative estimate of drug-likeness (QED) is 0.756. The second kappa shape index (κ2) is 4.22. The van der Waals surface area contributed by atoms with Crippen LogP contribution in [0.5, 0.6) is 0 Å². The zero-order valence-electron chi connectivity index (χ0n) is 13.1. The topological polar surface area (TPSA) is 55.7 Å². The maximum absolute atomic E-state index is 12.8. The lowest BCUT2D eigenvalue weighted by Gasteiger charge is -2.31. The molecule has 1 aromatic carbocycles. The van der Waals surface area contributed by atoms with Crippen molar-refractivity contribution in [1.82, 2.24) is 15.2 Å². The van der Waals surface area contributed by atoms with Crippen molar-refractivity contribution in [2.45, 2.75) is 33.6 Å². The summed E-state index contributed by atoms with van der Waals surface area (Å²) in [5.74, 6) is 1.11. The van der Waals surface area contributed by atoms with Crippen LogP contribution in [-0.2, 0) is 4.79 Å². The van der Waals surface area contributed by atoms with Gasteiger partial charge in [0.05, 0.1) is 5.52 Å². The van der Waals surface area contributed by atoms with E-state index in [1.807, 2.05) is 30.3 Å². The van der Waals surface area contributed by atoms with Crippen LogP contribution in [-0.4, -0.2) is 21.0 Å². The second-order valence-corrected chi connectivity index (χ2v) is 7.23. The van der Waals surface area contributed by atoms with Gasteiger partial charge in [-0.25, -0.2) is 4.98 Å². The van der Waals surface area contributed by atoms with E-state index in [0.29, 0.717) is 11.7 Å². The van der Waals surface area contributed by atoms with Gasteiger partial charge < -0.3 is 0 Å². The number of allylic oxidation sites excluding steroid dienone is 1. The number of benzene rings is 1.